The van der Waals surface area contributed by atoms with Gasteiger partial charge in [-0.3, -0.25) is 0 Å². The lowest BCUT2D eigenvalue weighted by atomic mass is 10.2. The summed E-state index contributed by atoms with van der Waals surface area (Å²) in [6, 6.07) is 7.29. The van der Waals surface area contributed by atoms with Gasteiger partial charge in [-0.1, -0.05) is 19.1 Å². The molecule has 0 spiro atoms. The van der Waals surface area contributed by atoms with Crippen LogP contribution in [0.2, 0.25) is 0 Å². The van der Waals surface area contributed by atoms with Crippen LogP contribution in [-0.2, 0) is 21.3 Å². The molecule has 21 heavy (non-hydrogen) atoms. The van der Waals surface area contributed by atoms with Gasteiger partial charge in [-0.2, -0.15) is 4.31 Å². The summed E-state index contributed by atoms with van der Waals surface area (Å²) in [5.74, 6) is 0.0140. The molecule has 1 aromatic rings. The minimum Gasteiger partial charge on any atom is -0.399 e. The fourth-order valence-corrected chi connectivity index (χ4v) is 3.28. The highest BCUT2D eigenvalue weighted by Crippen LogP contribution is 2.13. The Morgan fingerprint density at radius 3 is 2.38 bits per heavy atom. The number of anilines is 1. The largest absolute Gasteiger partial charge is 0.399 e. The Kier molecular flexibility index (Phi) is 7.14. The maximum absolute atomic E-state index is 12.4. The fourth-order valence-electron chi connectivity index (χ4n) is 1.91. The van der Waals surface area contributed by atoms with Gasteiger partial charge in [0.1, 0.15) is 0 Å². The average molecular weight is 314 g/mol. The zero-order valence-corrected chi connectivity index (χ0v) is 13.9. The summed E-state index contributed by atoms with van der Waals surface area (Å²) in [7, 11) is -3.31. The van der Waals surface area contributed by atoms with E-state index < -0.39 is 10.0 Å². The predicted octanol–water partition coefficient (Wildman–Crippen LogP) is 2.24. The Balaban J connectivity index is 2.72. The molecule has 6 heteroatoms. The molecule has 1 aromatic carbocycles. The van der Waals surface area contributed by atoms with Gasteiger partial charge in [0, 0.05) is 18.8 Å². The molecular formula is C15H26N2O3S. The maximum Gasteiger partial charge on any atom is 0.216 e. The molecule has 1 rings (SSSR count). The van der Waals surface area contributed by atoms with Crippen molar-refractivity contribution in [2.45, 2.75) is 39.8 Å². The van der Waals surface area contributed by atoms with E-state index in [0.717, 1.165) is 12.0 Å². The lowest BCUT2D eigenvalue weighted by Gasteiger charge is -2.22. The third-order valence-corrected chi connectivity index (χ3v) is 4.78. The Morgan fingerprint density at radius 2 is 1.86 bits per heavy atom. The molecule has 0 aromatic heterocycles. The van der Waals surface area contributed by atoms with Crippen molar-refractivity contribution >= 4 is 15.7 Å². The number of nitrogens with two attached hydrogens (primary N) is 1. The molecule has 0 fully saturated rings. The number of rotatable bonds is 9. The second kappa shape index (κ2) is 8.36. The van der Waals surface area contributed by atoms with Crippen LogP contribution in [0.3, 0.4) is 0 Å². The normalized spacial score (nSPS) is 12.2. The number of benzene rings is 1. The van der Waals surface area contributed by atoms with Crippen LogP contribution in [0.1, 0.15) is 32.8 Å². The standard InChI is InChI=1S/C15H26N2O3S/c1-4-9-17(12-14-5-7-15(16)8-6-14)21(18,19)11-10-20-13(2)3/h5-8,13H,4,9-12,16H2,1-3H3. The highest BCUT2D eigenvalue weighted by Gasteiger charge is 2.21. The quantitative estimate of drug-likeness (QED) is 0.709. The molecule has 0 heterocycles. The Labute approximate surface area is 128 Å². The summed E-state index contributed by atoms with van der Waals surface area (Å²) in [4.78, 5) is 0. The third-order valence-electron chi connectivity index (χ3n) is 3.00. The summed E-state index contributed by atoms with van der Waals surface area (Å²) in [5, 5.41) is 0. The van der Waals surface area contributed by atoms with Crippen molar-refractivity contribution in [1.82, 2.24) is 4.31 Å². The van der Waals surface area contributed by atoms with E-state index in [0.29, 0.717) is 18.8 Å². The van der Waals surface area contributed by atoms with E-state index in [1.807, 2.05) is 32.9 Å². The van der Waals surface area contributed by atoms with Crippen molar-refractivity contribution in [2.24, 2.45) is 0 Å². The van der Waals surface area contributed by atoms with E-state index in [1.165, 1.54) is 4.31 Å². The molecule has 0 aliphatic carbocycles. The molecule has 120 valence electrons. The van der Waals surface area contributed by atoms with Gasteiger partial charge in [0.2, 0.25) is 10.0 Å². The van der Waals surface area contributed by atoms with Gasteiger partial charge in [-0.15, -0.1) is 0 Å². The van der Waals surface area contributed by atoms with Gasteiger partial charge < -0.3 is 10.5 Å². The molecule has 2 N–H and O–H groups in total. The molecule has 0 aliphatic rings. The van der Waals surface area contributed by atoms with Crippen LogP contribution in [0.25, 0.3) is 0 Å². The number of ether oxygens (including phenoxy) is 1. The van der Waals surface area contributed by atoms with Crippen LogP contribution >= 0.6 is 0 Å². The van der Waals surface area contributed by atoms with E-state index in [2.05, 4.69) is 0 Å². The minimum atomic E-state index is -3.31. The molecule has 0 atom stereocenters. The summed E-state index contributed by atoms with van der Waals surface area (Å²) in [6.45, 7) is 6.86. The number of hydrogen-bond acceptors (Lipinski definition) is 4. The molecule has 0 unspecified atom stereocenters. The van der Waals surface area contributed by atoms with Crippen LogP contribution in [0, 0.1) is 0 Å². The Hall–Kier alpha value is -1.11. The van der Waals surface area contributed by atoms with Crippen LogP contribution in [0.5, 0.6) is 0 Å². The molecule has 0 radical (unpaired) electrons. The van der Waals surface area contributed by atoms with Crippen molar-refractivity contribution < 1.29 is 13.2 Å². The van der Waals surface area contributed by atoms with Gasteiger partial charge in [0.25, 0.3) is 0 Å². The van der Waals surface area contributed by atoms with Crippen molar-refractivity contribution in [1.29, 1.82) is 0 Å². The summed E-state index contributed by atoms with van der Waals surface area (Å²) < 4.78 is 31.7. The molecule has 0 aliphatic heterocycles. The van der Waals surface area contributed by atoms with E-state index in [9.17, 15) is 8.42 Å². The zero-order valence-electron chi connectivity index (χ0n) is 13.1. The van der Waals surface area contributed by atoms with E-state index in [1.54, 1.807) is 12.1 Å². The van der Waals surface area contributed by atoms with Gasteiger partial charge in [0.15, 0.2) is 0 Å². The highest BCUT2D eigenvalue weighted by molar-refractivity contribution is 7.89. The van der Waals surface area contributed by atoms with Crippen molar-refractivity contribution in [3.63, 3.8) is 0 Å². The second-order valence-electron chi connectivity index (χ2n) is 5.31. The first-order chi connectivity index (χ1) is 9.85. The number of nitrogen functional groups attached to an aromatic ring is 1. The van der Waals surface area contributed by atoms with Gasteiger partial charge in [-0.05, 0) is 38.0 Å². The zero-order chi connectivity index (χ0) is 15.9. The Bertz CT molecular complexity index is 512. The minimum absolute atomic E-state index is 0.0140. The van der Waals surface area contributed by atoms with Crippen LogP contribution in [0.4, 0.5) is 5.69 Å². The van der Waals surface area contributed by atoms with E-state index in [-0.39, 0.29) is 18.5 Å². The predicted molar refractivity (Wildman–Crippen MR) is 86.4 cm³/mol. The number of nitrogens with zero attached hydrogens (tertiary/aromatic N) is 1. The number of hydrogen-bond donors (Lipinski definition) is 1. The van der Waals surface area contributed by atoms with Crippen LogP contribution in [-0.4, -0.2) is 37.7 Å². The lowest BCUT2D eigenvalue weighted by Crippen LogP contribution is -2.34. The molecule has 0 amide bonds. The topological polar surface area (TPSA) is 72.6 Å². The first-order valence-corrected chi connectivity index (χ1v) is 8.90. The summed E-state index contributed by atoms with van der Waals surface area (Å²) in [5.41, 5.74) is 7.26. The SMILES string of the molecule is CCCN(Cc1ccc(N)cc1)S(=O)(=O)CCOC(C)C. The van der Waals surface area contributed by atoms with Crippen molar-refractivity contribution in [3.05, 3.63) is 29.8 Å². The molecule has 5 nitrogen and oxygen atoms in total. The monoisotopic (exact) mass is 314 g/mol. The smallest absolute Gasteiger partial charge is 0.216 e. The molecular weight excluding hydrogens is 288 g/mol. The highest BCUT2D eigenvalue weighted by atomic mass is 32.2. The first kappa shape index (κ1) is 17.9. The Morgan fingerprint density at radius 1 is 1.24 bits per heavy atom. The average Bonchev–Trinajstić information content (AvgIpc) is 2.40. The molecule has 0 saturated heterocycles. The summed E-state index contributed by atoms with van der Waals surface area (Å²) >= 11 is 0. The van der Waals surface area contributed by atoms with Gasteiger partial charge in [-0.25, -0.2) is 8.42 Å². The molecule has 0 bridgehead atoms. The fraction of sp³-hybridized carbons (Fsp3) is 0.600. The van der Waals surface area contributed by atoms with Crippen molar-refractivity contribution in [2.75, 3.05) is 24.6 Å². The lowest BCUT2D eigenvalue weighted by molar-refractivity contribution is 0.0906. The summed E-state index contributed by atoms with van der Waals surface area (Å²) in [6.07, 6.45) is 0.816. The van der Waals surface area contributed by atoms with E-state index in [4.69, 9.17) is 10.5 Å². The van der Waals surface area contributed by atoms with Gasteiger partial charge in [0.05, 0.1) is 18.5 Å². The molecule has 0 saturated carbocycles. The maximum atomic E-state index is 12.4. The van der Waals surface area contributed by atoms with Crippen molar-refractivity contribution in [3.8, 4) is 0 Å². The van der Waals surface area contributed by atoms with Gasteiger partial charge >= 0.3 is 0 Å². The number of sulfonamides is 1. The second-order valence-corrected chi connectivity index (χ2v) is 7.40. The third kappa shape index (κ3) is 6.46. The van der Waals surface area contributed by atoms with Crippen LogP contribution < -0.4 is 5.73 Å². The van der Waals surface area contributed by atoms with E-state index >= 15 is 0 Å². The van der Waals surface area contributed by atoms with Crippen LogP contribution in [0.15, 0.2) is 24.3 Å². The first-order valence-electron chi connectivity index (χ1n) is 7.29.